The van der Waals surface area contributed by atoms with E-state index in [2.05, 4.69) is 17.1 Å². The van der Waals surface area contributed by atoms with Crippen molar-refractivity contribution < 1.29 is 9.90 Å². The standard InChI is InChI=1S/C15H15NO2S/c17-15(18)13-9-4-10-16-14(13)19-11-5-8-12-6-2-1-3-7-12/h1-4,6-7,9-10H,5,8,11H2,(H,17,18). The molecular weight excluding hydrogens is 258 g/mol. The fourth-order valence-corrected chi connectivity index (χ4v) is 2.69. The van der Waals surface area contributed by atoms with Crippen LogP contribution in [0.3, 0.4) is 0 Å². The van der Waals surface area contributed by atoms with E-state index in [9.17, 15) is 4.79 Å². The highest BCUT2D eigenvalue weighted by molar-refractivity contribution is 7.99. The molecule has 1 N–H and O–H groups in total. The molecule has 0 spiro atoms. The second kappa shape index (κ2) is 6.95. The van der Waals surface area contributed by atoms with E-state index < -0.39 is 5.97 Å². The number of aromatic nitrogens is 1. The number of hydrogen-bond acceptors (Lipinski definition) is 3. The Labute approximate surface area is 116 Å². The summed E-state index contributed by atoms with van der Waals surface area (Å²) in [7, 11) is 0. The summed E-state index contributed by atoms with van der Waals surface area (Å²) in [4.78, 5) is 15.1. The van der Waals surface area contributed by atoms with Gasteiger partial charge in [0.05, 0.1) is 5.56 Å². The number of nitrogens with zero attached hydrogens (tertiary/aromatic N) is 1. The van der Waals surface area contributed by atoms with Gasteiger partial charge >= 0.3 is 5.97 Å². The van der Waals surface area contributed by atoms with Crippen molar-refractivity contribution >= 4 is 17.7 Å². The first-order chi connectivity index (χ1) is 9.27. The molecule has 3 nitrogen and oxygen atoms in total. The molecule has 0 fully saturated rings. The van der Waals surface area contributed by atoms with Gasteiger partial charge in [0, 0.05) is 6.20 Å². The van der Waals surface area contributed by atoms with Gasteiger partial charge in [-0.2, -0.15) is 0 Å². The second-order valence-electron chi connectivity index (χ2n) is 4.10. The summed E-state index contributed by atoms with van der Waals surface area (Å²) < 4.78 is 0. The maximum absolute atomic E-state index is 11.0. The summed E-state index contributed by atoms with van der Waals surface area (Å²) in [6.07, 6.45) is 3.64. The highest BCUT2D eigenvalue weighted by atomic mass is 32.2. The first kappa shape index (κ1) is 13.6. The quantitative estimate of drug-likeness (QED) is 0.646. The Kier molecular flexibility index (Phi) is 4.98. The number of rotatable bonds is 6. The summed E-state index contributed by atoms with van der Waals surface area (Å²) in [5, 5.41) is 9.65. The number of hydrogen-bond donors (Lipinski definition) is 1. The topological polar surface area (TPSA) is 50.2 Å². The second-order valence-corrected chi connectivity index (χ2v) is 5.18. The van der Waals surface area contributed by atoms with E-state index >= 15 is 0 Å². The minimum Gasteiger partial charge on any atom is -0.478 e. The average Bonchev–Trinajstić information content (AvgIpc) is 2.45. The number of carboxylic acid groups (broad SMARTS) is 1. The van der Waals surface area contributed by atoms with Gasteiger partial charge in [-0.05, 0) is 36.3 Å². The van der Waals surface area contributed by atoms with Gasteiger partial charge in [0.1, 0.15) is 5.03 Å². The van der Waals surface area contributed by atoms with Crippen LogP contribution < -0.4 is 0 Å². The Balaban J connectivity index is 1.85. The molecule has 2 aromatic rings. The molecule has 2 rings (SSSR count). The van der Waals surface area contributed by atoms with Gasteiger partial charge in [0.25, 0.3) is 0 Å². The molecule has 4 heteroatoms. The predicted molar refractivity (Wildman–Crippen MR) is 76.7 cm³/mol. The average molecular weight is 273 g/mol. The minimum absolute atomic E-state index is 0.284. The molecule has 0 radical (unpaired) electrons. The fourth-order valence-electron chi connectivity index (χ4n) is 1.76. The van der Waals surface area contributed by atoms with E-state index in [0.717, 1.165) is 18.6 Å². The Morgan fingerprint density at radius 1 is 1.16 bits per heavy atom. The summed E-state index contributed by atoms with van der Waals surface area (Å²) in [5.74, 6) is -0.0507. The lowest BCUT2D eigenvalue weighted by Gasteiger charge is -2.04. The number of aryl methyl sites for hydroxylation is 1. The summed E-state index contributed by atoms with van der Waals surface area (Å²) in [6, 6.07) is 13.5. The summed E-state index contributed by atoms with van der Waals surface area (Å²) in [5.41, 5.74) is 1.59. The van der Waals surface area contributed by atoms with E-state index in [-0.39, 0.29) is 5.56 Å². The van der Waals surface area contributed by atoms with Gasteiger partial charge in [-0.3, -0.25) is 0 Å². The minimum atomic E-state index is -0.918. The fraction of sp³-hybridized carbons (Fsp3) is 0.200. The molecule has 0 aliphatic rings. The molecule has 1 heterocycles. The third-order valence-corrected chi connectivity index (χ3v) is 3.78. The third-order valence-electron chi connectivity index (χ3n) is 2.69. The van der Waals surface area contributed by atoms with E-state index in [4.69, 9.17) is 5.11 Å². The van der Waals surface area contributed by atoms with Crippen LogP contribution in [0.25, 0.3) is 0 Å². The number of aromatic carboxylic acids is 1. The van der Waals surface area contributed by atoms with Gasteiger partial charge in [0.2, 0.25) is 0 Å². The molecule has 98 valence electrons. The van der Waals surface area contributed by atoms with Crippen LogP contribution in [0.1, 0.15) is 22.3 Å². The van der Waals surface area contributed by atoms with Crippen LogP contribution in [0.4, 0.5) is 0 Å². The molecule has 0 amide bonds. The number of pyridine rings is 1. The smallest absolute Gasteiger partial charge is 0.338 e. The van der Waals surface area contributed by atoms with Crippen molar-refractivity contribution in [3.05, 3.63) is 59.8 Å². The molecule has 1 aromatic carbocycles. The number of benzene rings is 1. The lowest BCUT2D eigenvalue weighted by molar-refractivity contribution is 0.0692. The van der Waals surface area contributed by atoms with E-state index in [1.54, 1.807) is 18.3 Å². The number of carbonyl (C=O) groups is 1. The molecule has 0 atom stereocenters. The van der Waals surface area contributed by atoms with Gasteiger partial charge < -0.3 is 5.11 Å². The number of carboxylic acids is 1. The maximum atomic E-state index is 11.0. The molecule has 0 unspecified atom stereocenters. The zero-order valence-corrected chi connectivity index (χ0v) is 11.3. The Morgan fingerprint density at radius 2 is 1.95 bits per heavy atom. The van der Waals surface area contributed by atoms with Crippen LogP contribution in [0.2, 0.25) is 0 Å². The van der Waals surface area contributed by atoms with Crippen LogP contribution in [-0.2, 0) is 6.42 Å². The van der Waals surface area contributed by atoms with Crippen LogP contribution in [0, 0.1) is 0 Å². The van der Waals surface area contributed by atoms with Crippen LogP contribution in [-0.4, -0.2) is 21.8 Å². The zero-order valence-electron chi connectivity index (χ0n) is 10.5. The van der Waals surface area contributed by atoms with E-state index in [1.165, 1.54) is 17.3 Å². The van der Waals surface area contributed by atoms with Crippen molar-refractivity contribution in [2.45, 2.75) is 17.9 Å². The number of thioether (sulfide) groups is 1. The monoisotopic (exact) mass is 273 g/mol. The van der Waals surface area contributed by atoms with E-state index in [0.29, 0.717) is 5.03 Å². The van der Waals surface area contributed by atoms with Gasteiger partial charge in [-0.1, -0.05) is 30.3 Å². The molecule has 0 bridgehead atoms. The zero-order chi connectivity index (χ0) is 13.5. The SMILES string of the molecule is O=C(O)c1cccnc1SCCCc1ccccc1. The van der Waals surface area contributed by atoms with Crippen molar-refractivity contribution in [3.8, 4) is 0 Å². The molecule has 0 saturated heterocycles. The Bertz CT molecular complexity index is 543. The van der Waals surface area contributed by atoms with Crippen LogP contribution >= 0.6 is 11.8 Å². The Hall–Kier alpha value is -1.81. The molecule has 19 heavy (non-hydrogen) atoms. The molecule has 0 aliphatic carbocycles. The van der Waals surface area contributed by atoms with Gasteiger partial charge in [0.15, 0.2) is 0 Å². The normalized spacial score (nSPS) is 10.3. The van der Waals surface area contributed by atoms with Crippen molar-refractivity contribution in [2.24, 2.45) is 0 Å². The van der Waals surface area contributed by atoms with Crippen LogP contribution in [0.15, 0.2) is 53.7 Å². The molecule has 1 aromatic heterocycles. The highest BCUT2D eigenvalue weighted by Gasteiger charge is 2.10. The first-order valence-corrected chi connectivity index (χ1v) is 7.11. The van der Waals surface area contributed by atoms with Crippen molar-refractivity contribution in [1.29, 1.82) is 0 Å². The largest absolute Gasteiger partial charge is 0.478 e. The molecular formula is C15H15NO2S. The van der Waals surface area contributed by atoms with Gasteiger partial charge in [-0.15, -0.1) is 11.8 Å². The van der Waals surface area contributed by atoms with Crippen molar-refractivity contribution in [1.82, 2.24) is 4.98 Å². The summed E-state index contributed by atoms with van der Waals surface area (Å²) in [6.45, 7) is 0. The van der Waals surface area contributed by atoms with E-state index in [1.807, 2.05) is 18.2 Å². The van der Waals surface area contributed by atoms with Gasteiger partial charge in [-0.25, -0.2) is 9.78 Å². The first-order valence-electron chi connectivity index (χ1n) is 6.12. The lowest BCUT2D eigenvalue weighted by Crippen LogP contribution is -2.00. The maximum Gasteiger partial charge on any atom is 0.338 e. The molecule has 0 saturated carbocycles. The third kappa shape index (κ3) is 4.10. The Morgan fingerprint density at radius 3 is 2.68 bits per heavy atom. The predicted octanol–water partition coefficient (Wildman–Crippen LogP) is 3.50. The highest BCUT2D eigenvalue weighted by Crippen LogP contribution is 2.21. The molecule has 0 aliphatic heterocycles. The summed E-state index contributed by atoms with van der Waals surface area (Å²) >= 11 is 1.50. The lowest BCUT2D eigenvalue weighted by atomic mass is 10.1. The van der Waals surface area contributed by atoms with Crippen LogP contribution in [0.5, 0.6) is 0 Å². The van der Waals surface area contributed by atoms with Crippen molar-refractivity contribution in [2.75, 3.05) is 5.75 Å². The van der Waals surface area contributed by atoms with Crippen molar-refractivity contribution in [3.63, 3.8) is 0 Å².